The molecule has 24 heavy (non-hydrogen) atoms. The lowest BCUT2D eigenvalue weighted by molar-refractivity contribution is 0.0999. The highest BCUT2D eigenvalue weighted by molar-refractivity contribution is 6.32. The standard InChI is InChI=1S/C15H18ClN7O/c1-9-10(2)20-21-15(12(9)13(17)24)23-5-3-22(4-6-23)14-11(16)7-18-8-19-14/h7-8H,3-6H2,1-2H3,(H2,17,24). The molecular weight excluding hydrogens is 330 g/mol. The van der Waals surface area contributed by atoms with E-state index in [0.717, 1.165) is 5.56 Å². The number of amides is 1. The van der Waals surface area contributed by atoms with Crippen molar-refractivity contribution in [2.24, 2.45) is 5.73 Å². The lowest BCUT2D eigenvalue weighted by Crippen LogP contribution is -2.48. The van der Waals surface area contributed by atoms with Crippen LogP contribution in [0.2, 0.25) is 5.02 Å². The number of carbonyl (C=O) groups excluding carboxylic acids is 1. The summed E-state index contributed by atoms with van der Waals surface area (Å²) in [6.07, 6.45) is 3.06. The van der Waals surface area contributed by atoms with E-state index in [1.807, 2.05) is 18.7 Å². The van der Waals surface area contributed by atoms with Crippen LogP contribution in [-0.4, -0.2) is 52.3 Å². The van der Waals surface area contributed by atoms with Gasteiger partial charge in [-0.2, -0.15) is 5.10 Å². The maximum atomic E-state index is 11.9. The van der Waals surface area contributed by atoms with Gasteiger partial charge in [-0.3, -0.25) is 4.79 Å². The summed E-state index contributed by atoms with van der Waals surface area (Å²) in [5.41, 5.74) is 7.47. The van der Waals surface area contributed by atoms with Gasteiger partial charge in [-0.1, -0.05) is 11.6 Å². The minimum Gasteiger partial charge on any atom is -0.365 e. The van der Waals surface area contributed by atoms with Crippen molar-refractivity contribution in [2.45, 2.75) is 13.8 Å². The third kappa shape index (κ3) is 2.96. The monoisotopic (exact) mass is 347 g/mol. The first-order chi connectivity index (χ1) is 11.5. The topological polar surface area (TPSA) is 101 Å². The SMILES string of the molecule is Cc1nnc(N2CCN(c3ncncc3Cl)CC2)c(C(N)=O)c1C. The Balaban J connectivity index is 1.82. The Morgan fingerprint density at radius 1 is 1.12 bits per heavy atom. The second-order valence-corrected chi connectivity index (χ2v) is 6.05. The first-order valence-corrected chi connectivity index (χ1v) is 7.96. The van der Waals surface area contributed by atoms with Gasteiger partial charge in [0.15, 0.2) is 11.6 Å². The Morgan fingerprint density at radius 3 is 2.33 bits per heavy atom. The molecule has 1 aliphatic heterocycles. The van der Waals surface area contributed by atoms with E-state index in [-0.39, 0.29) is 0 Å². The van der Waals surface area contributed by atoms with E-state index in [2.05, 4.69) is 25.1 Å². The highest BCUT2D eigenvalue weighted by Gasteiger charge is 2.25. The number of nitrogens with zero attached hydrogens (tertiary/aromatic N) is 6. The second kappa shape index (κ2) is 6.56. The number of piperazine rings is 1. The number of rotatable bonds is 3. The number of hydrogen-bond acceptors (Lipinski definition) is 7. The Hall–Kier alpha value is -2.48. The van der Waals surface area contributed by atoms with E-state index >= 15 is 0 Å². The van der Waals surface area contributed by atoms with Crippen molar-refractivity contribution in [1.29, 1.82) is 0 Å². The lowest BCUT2D eigenvalue weighted by atomic mass is 10.1. The molecule has 1 aliphatic rings. The Morgan fingerprint density at radius 2 is 1.75 bits per heavy atom. The second-order valence-electron chi connectivity index (χ2n) is 5.64. The van der Waals surface area contributed by atoms with Crippen molar-refractivity contribution in [2.75, 3.05) is 36.0 Å². The fourth-order valence-electron chi connectivity index (χ4n) is 2.78. The van der Waals surface area contributed by atoms with Gasteiger partial charge in [-0.05, 0) is 19.4 Å². The van der Waals surface area contributed by atoms with Gasteiger partial charge in [0.25, 0.3) is 5.91 Å². The fourth-order valence-corrected chi connectivity index (χ4v) is 3.01. The van der Waals surface area contributed by atoms with E-state index in [9.17, 15) is 4.79 Å². The van der Waals surface area contributed by atoms with Gasteiger partial charge in [-0.25, -0.2) is 9.97 Å². The van der Waals surface area contributed by atoms with Crippen molar-refractivity contribution in [1.82, 2.24) is 20.2 Å². The molecule has 9 heteroatoms. The molecule has 126 valence electrons. The van der Waals surface area contributed by atoms with Crippen molar-refractivity contribution in [3.05, 3.63) is 34.4 Å². The van der Waals surface area contributed by atoms with Gasteiger partial charge >= 0.3 is 0 Å². The third-order valence-electron chi connectivity index (χ3n) is 4.21. The minimum absolute atomic E-state index is 0.441. The molecule has 0 bridgehead atoms. The number of aromatic nitrogens is 4. The normalized spacial score (nSPS) is 14.8. The van der Waals surface area contributed by atoms with Crippen molar-refractivity contribution >= 4 is 29.1 Å². The first-order valence-electron chi connectivity index (χ1n) is 7.58. The Kier molecular flexibility index (Phi) is 4.48. The quantitative estimate of drug-likeness (QED) is 0.882. The molecule has 0 radical (unpaired) electrons. The molecule has 2 aromatic heterocycles. The molecule has 3 rings (SSSR count). The number of carbonyl (C=O) groups is 1. The smallest absolute Gasteiger partial charge is 0.252 e. The summed E-state index contributed by atoms with van der Waals surface area (Å²) in [5, 5.41) is 8.86. The van der Waals surface area contributed by atoms with Gasteiger partial charge < -0.3 is 15.5 Å². The summed E-state index contributed by atoms with van der Waals surface area (Å²) in [6.45, 7) is 6.38. The van der Waals surface area contributed by atoms with Crippen LogP contribution in [0.1, 0.15) is 21.6 Å². The molecule has 0 spiro atoms. The van der Waals surface area contributed by atoms with Crippen LogP contribution in [0.3, 0.4) is 0 Å². The number of nitrogens with two attached hydrogens (primary N) is 1. The summed E-state index contributed by atoms with van der Waals surface area (Å²) in [7, 11) is 0. The van der Waals surface area contributed by atoms with Crippen LogP contribution in [0.15, 0.2) is 12.5 Å². The first kappa shape index (κ1) is 16.4. The molecule has 2 N–H and O–H groups in total. The number of halogens is 1. The van der Waals surface area contributed by atoms with Gasteiger partial charge in [0, 0.05) is 26.2 Å². The maximum absolute atomic E-state index is 11.9. The van der Waals surface area contributed by atoms with Crippen LogP contribution >= 0.6 is 11.6 Å². The fraction of sp³-hybridized carbons (Fsp3) is 0.400. The molecule has 0 aliphatic carbocycles. The number of primary amides is 1. The van der Waals surface area contributed by atoms with Crippen LogP contribution in [0.25, 0.3) is 0 Å². The zero-order chi connectivity index (χ0) is 17.3. The Bertz CT molecular complexity index is 774. The van der Waals surface area contributed by atoms with E-state index < -0.39 is 5.91 Å². The molecule has 0 saturated carbocycles. The van der Waals surface area contributed by atoms with Crippen LogP contribution < -0.4 is 15.5 Å². The summed E-state index contributed by atoms with van der Waals surface area (Å²) >= 11 is 6.15. The zero-order valence-electron chi connectivity index (χ0n) is 13.5. The molecule has 1 saturated heterocycles. The predicted octanol–water partition coefficient (Wildman–Crippen LogP) is 0.962. The molecule has 1 fully saturated rings. The molecular formula is C15H18ClN7O. The highest BCUT2D eigenvalue weighted by atomic mass is 35.5. The zero-order valence-corrected chi connectivity index (χ0v) is 14.3. The highest BCUT2D eigenvalue weighted by Crippen LogP contribution is 2.26. The van der Waals surface area contributed by atoms with Crippen LogP contribution in [-0.2, 0) is 0 Å². The van der Waals surface area contributed by atoms with Crippen LogP contribution in [0.5, 0.6) is 0 Å². The van der Waals surface area contributed by atoms with Crippen molar-refractivity contribution < 1.29 is 4.79 Å². The van der Waals surface area contributed by atoms with Crippen LogP contribution in [0.4, 0.5) is 11.6 Å². The third-order valence-corrected chi connectivity index (χ3v) is 4.48. The number of hydrogen-bond donors (Lipinski definition) is 1. The van der Waals surface area contributed by atoms with Crippen molar-refractivity contribution in [3.8, 4) is 0 Å². The van der Waals surface area contributed by atoms with E-state index in [4.69, 9.17) is 17.3 Å². The molecule has 3 heterocycles. The number of aryl methyl sites for hydroxylation is 1. The largest absolute Gasteiger partial charge is 0.365 e. The summed E-state index contributed by atoms with van der Waals surface area (Å²) in [4.78, 5) is 24.1. The predicted molar refractivity (Wildman–Crippen MR) is 91.5 cm³/mol. The summed E-state index contributed by atoms with van der Waals surface area (Å²) < 4.78 is 0. The molecule has 1 amide bonds. The molecule has 0 unspecified atom stereocenters. The minimum atomic E-state index is -0.484. The average Bonchev–Trinajstić information content (AvgIpc) is 2.57. The molecule has 0 atom stereocenters. The molecule has 8 nitrogen and oxygen atoms in total. The van der Waals surface area contributed by atoms with Gasteiger partial charge in [-0.15, -0.1) is 5.10 Å². The van der Waals surface area contributed by atoms with E-state index in [1.165, 1.54) is 6.33 Å². The van der Waals surface area contributed by atoms with Gasteiger partial charge in [0.05, 0.1) is 17.5 Å². The molecule has 2 aromatic rings. The summed E-state index contributed by atoms with van der Waals surface area (Å²) in [6, 6.07) is 0. The van der Waals surface area contributed by atoms with Gasteiger partial charge in [0.2, 0.25) is 0 Å². The Labute approximate surface area is 144 Å². The van der Waals surface area contributed by atoms with E-state index in [1.54, 1.807) is 6.20 Å². The average molecular weight is 348 g/mol. The maximum Gasteiger partial charge on any atom is 0.252 e. The number of anilines is 2. The lowest BCUT2D eigenvalue weighted by Gasteiger charge is -2.36. The molecule has 0 aromatic carbocycles. The van der Waals surface area contributed by atoms with Crippen molar-refractivity contribution in [3.63, 3.8) is 0 Å². The summed E-state index contributed by atoms with van der Waals surface area (Å²) in [5.74, 6) is 0.772. The van der Waals surface area contributed by atoms with Gasteiger partial charge in [0.1, 0.15) is 11.3 Å². The van der Waals surface area contributed by atoms with Crippen LogP contribution in [0, 0.1) is 13.8 Å². The van der Waals surface area contributed by atoms with E-state index in [0.29, 0.717) is 54.1 Å².